The number of hydrogen-bond acceptors (Lipinski definition) is 3. The molecule has 1 fully saturated rings. The quantitative estimate of drug-likeness (QED) is 0.891. The van der Waals surface area contributed by atoms with Gasteiger partial charge in [-0.05, 0) is 44.4 Å². The molecule has 0 unspecified atom stereocenters. The second kappa shape index (κ2) is 7.35. The molecule has 0 spiro atoms. The molecule has 0 aromatic heterocycles. The summed E-state index contributed by atoms with van der Waals surface area (Å²) in [5, 5.41) is 15.0. The summed E-state index contributed by atoms with van der Waals surface area (Å²) in [6.45, 7) is 6.73. The second-order valence-electron chi connectivity index (χ2n) is 6.70. The Morgan fingerprint density at radius 1 is 1.29 bits per heavy atom. The molecule has 2 N–H and O–H groups in total. The zero-order chi connectivity index (χ0) is 17.7. The highest BCUT2D eigenvalue weighted by Crippen LogP contribution is 2.21. The van der Waals surface area contributed by atoms with E-state index in [1.807, 2.05) is 26.0 Å². The van der Waals surface area contributed by atoms with E-state index in [4.69, 9.17) is 5.26 Å². The van der Waals surface area contributed by atoms with E-state index < -0.39 is 5.54 Å². The number of hydrogen-bond donors (Lipinski definition) is 2. The van der Waals surface area contributed by atoms with Gasteiger partial charge in [0.05, 0.1) is 17.2 Å². The van der Waals surface area contributed by atoms with Gasteiger partial charge in [0.2, 0.25) is 5.91 Å². The van der Waals surface area contributed by atoms with E-state index >= 15 is 0 Å². The highest BCUT2D eigenvalue weighted by Gasteiger charge is 2.26. The van der Waals surface area contributed by atoms with Gasteiger partial charge in [0.25, 0.3) is 0 Å². The zero-order valence-electron chi connectivity index (χ0n) is 14.4. The SMILES string of the molecule is CC(=O)N1CCC(NC(=O)NC(C)(C)c2cccc(C#N)c2)CC1. The average Bonchev–Trinajstić information content (AvgIpc) is 2.54. The molecule has 0 aliphatic carbocycles. The number of carbonyl (C=O) groups excluding carboxylic acids is 2. The van der Waals surface area contributed by atoms with Crippen molar-refractivity contribution < 1.29 is 9.59 Å². The fraction of sp³-hybridized carbons (Fsp3) is 0.500. The first kappa shape index (κ1) is 17.8. The maximum Gasteiger partial charge on any atom is 0.315 e. The van der Waals surface area contributed by atoms with Crippen LogP contribution < -0.4 is 10.6 Å². The highest BCUT2D eigenvalue weighted by atomic mass is 16.2. The van der Waals surface area contributed by atoms with Crippen LogP contribution in [0.2, 0.25) is 0 Å². The number of urea groups is 1. The number of rotatable bonds is 3. The maximum absolute atomic E-state index is 12.3. The Bertz CT molecular complexity index is 655. The summed E-state index contributed by atoms with van der Waals surface area (Å²) in [7, 11) is 0. The van der Waals surface area contributed by atoms with Gasteiger partial charge in [0.1, 0.15) is 0 Å². The number of likely N-dealkylation sites (tertiary alicyclic amines) is 1. The lowest BCUT2D eigenvalue weighted by atomic mass is 9.93. The molecule has 2 rings (SSSR count). The number of carbonyl (C=O) groups is 2. The van der Waals surface area contributed by atoms with E-state index in [2.05, 4.69) is 16.7 Å². The summed E-state index contributed by atoms with van der Waals surface area (Å²) in [5.74, 6) is 0.0800. The Hall–Kier alpha value is -2.55. The molecule has 1 aromatic rings. The summed E-state index contributed by atoms with van der Waals surface area (Å²) >= 11 is 0. The number of nitriles is 1. The molecule has 3 amide bonds. The van der Waals surface area contributed by atoms with Crippen LogP contribution >= 0.6 is 0 Å². The lowest BCUT2D eigenvalue weighted by Gasteiger charge is -2.33. The van der Waals surface area contributed by atoms with Crippen LogP contribution in [0.4, 0.5) is 4.79 Å². The molecule has 0 saturated carbocycles. The molecule has 0 bridgehead atoms. The van der Waals surface area contributed by atoms with Crippen LogP contribution in [0.1, 0.15) is 44.7 Å². The molecule has 1 aromatic carbocycles. The van der Waals surface area contributed by atoms with E-state index in [0.29, 0.717) is 18.7 Å². The number of piperidine rings is 1. The number of nitrogens with zero attached hydrogens (tertiary/aromatic N) is 2. The average molecular weight is 328 g/mol. The first-order valence-electron chi connectivity index (χ1n) is 8.16. The van der Waals surface area contributed by atoms with Gasteiger partial charge in [-0.2, -0.15) is 5.26 Å². The monoisotopic (exact) mass is 328 g/mol. The normalized spacial score (nSPS) is 15.5. The zero-order valence-corrected chi connectivity index (χ0v) is 14.4. The minimum absolute atomic E-state index is 0.0712. The lowest BCUT2D eigenvalue weighted by Crippen LogP contribution is -2.52. The maximum atomic E-state index is 12.3. The van der Waals surface area contributed by atoms with Crippen LogP contribution in [0, 0.1) is 11.3 Å². The Morgan fingerprint density at radius 2 is 1.96 bits per heavy atom. The first-order valence-corrected chi connectivity index (χ1v) is 8.16. The van der Waals surface area contributed by atoms with Crippen molar-refractivity contribution in [3.8, 4) is 6.07 Å². The minimum Gasteiger partial charge on any atom is -0.343 e. The van der Waals surface area contributed by atoms with Crippen molar-refractivity contribution in [3.63, 3.8) is 0 Å². The van der Waals surface area contributed by atoms with E-state index in [-0.39, 0.29) is 18.0 Å². The van der Waals surface area contributed by atoms with Crippen molar-refractivity contribution in [3.05, 3.63) is 35.4 Å². The van der Waals surface area contributed by atoms with Crippen LogP contribution in [0.5, 0.6) is 0 Å². The molecule has 6 nitrogen and oxygen atoms in total. The van der Waals surface area contributed by atoms with Crippen molar-refractivity contribution in [1.82, 2.24) is 15.5 Å². The van der Waals surface area contributed by atoms with Crippen molar-refractivity contribution in [1.29, 1.82) is 5.26 Å². The predicted octanol–water partition coefficient (Wildman–Crippen LogP) is 2.10. The standard InChI is InChI=1S/C18H24N4O2/c1-13(23)22-9-7-16(8-10-22)20-17(24)21-18(2,3)15-6-4-5-14(11-15)12-19/h4-6,11,16H,7-10H2,1-3H3,(H2,20,21,24). The fourth-order valence-corrected chi connectivity index (χ4v) is 2.89. The lowest BCUT2D eigenvalue weighted by molar-refractivity contribution is -0.129. The molecule has 1 saturated heterocycles. The summed E-state index contributed by atoms with van der Waals surface area (Å²) in [5.41, 5.74) is 0.860. The van der Waals surface area contributed by atoms with E-state index in [9.17, 15) is 9.59 Å². The van der Waals surface area contributed by atoms with Crippen LogP contribution in [-0.2, 0) is 10.3 Å². The number of benzene rings is 1. The summed E-state index contributed by atoms with van der Waals surface area (Å²) in [6.07, 6.45) is 1.52. The third kappa shape index (κ3) is 4.48. The third-order valence-electron chi connectivity index (χ3n) is 4.41. The first-order chi connectivity index (χ1) is 11.3. The molecule has 1 heterocycles. The molecule has 0 radical (unpaired) electrons. The summed E-state index contributed by atoms with van der Waals surface area (Å²) in [6, 6.07) is 9.18. The van der Waals surface area contributed by atoms with Crippen molar-refractivity contribution in [2.45, 2.75) is 45.2 Å². The Balaban J connectivity index is 1.91. The van der Waals surface area contributed by atoms with E-state index in [1.165, 1.54) is 0 Å². The van der Waals surface area contributed by atoms with Gasteiger partial charge in [-0.15, -0.1) is 0 Å². The van der Waals surface area contributed by atoms with Gasteiger partial charge in [-0.1, -0.05) is 12.1 Å². The molecular weight excluding hydrogens is 304 g/mol. The van der Waals surface area contributed by atoms with E-state index in [0.717, 1.165) is 18.4 Å². The van der Waals surface area contributed by atoms with Gasteiger partial charge < -0.3 is 15.5 Å². The van der Waals surface area contributed by atoms with Crippen LogP contribution in [0.15, 0.2) is 24.3 Å². The smallest absolute Gasteiger partial charge is 0.315 e. The molecule has 128 valence electrons. The summed E-state index contributed by atoms with van der Waals surface area (Å²) in [4.78, 5) is 25.4. The Kier molecular flexibility index (Phi) is 5.45. The molecule has 1 aliphatic heterocycles. The third-order valence-corrected chi connectivity index (χ3v) is 4.41. The molecule has 6 heteroatoms. The number of nitrogens with one attached hydrogen (secondary N) is 2. The van der Waals surface area contributed by atoms with Crippen molar-refractivity contribution in [2.75, 3.05) is 13.1 Å². The highest BCUT2D eigenvalue weighted by molar-refractivity contribution is 5.75. The topological polar surface area (TPSA) is 85.2 Å². The minimum atomic E-state index is -0.586. The van der Waals surface area contributed by atoms with Crippen LogP contribution in [0.25, 0.3) is 0 Å². The molecular formula is C18H24N4O2. The Morgan fingerprint density at radius 3 is 2.54 bits per heavy atom. The number of amides is 3. The van der Waals surface area contributed by atoms with Crippen molar-refractivity contribution >= 4 is 11.9 Å². The van der Waals surface area contributed by atoms with Gasteiger partial charge in [-0.25, -0.2) is 4.79 Å². The van der Waals surface area contributed by atoms with Crippen LogP contribution in [-0.4, -0.2) is 36.0 Å². The molecule has 0 atom stereocenters. The van der Waals surface area contributed by atoms with Gasteiger partial charge in [0, 0.05) is 26.1 Å². The Labute approximate surface area is 142 Å². The second-order valence-corrected chi connectivity index (χ2v) is 6.70. The fourth-order valence-electron chi connectivity index (χ4n) is 2.89. The van der Waals surface area contributed by atoms with E-state index in [1.54, 1.807) is 24.0 Å². The van der Waals surface area contributed by atoms with Crippen molar-refractivity contribution in [2.24, 2.45) is 0 Å². The van der Waals surface area contributed by atoms with Gasteiger partial charge in [-0.3, -0.25) is 4.79 Å². The van der Waals surface area contributed by atoms with Gasteiger partial charge >= 0.3 is 6.03 Å². The summed E-state index contributed by atoms with van der Waals surface area (Å²) < 4.78 is 0. The molecule has 1 aliphatic rings. The largest absolute Gasteiger partial charge is 0.343 e. The molecule has 24 heavy (non-hydrogen) atoms. The predicted molar refractivity (Wildman–Crippen MR) is 91.1 cm³/mol. The van der Waals surface area contributed by atoms with Crippen LogP contribution in [0.3, 0.4) is 0 Å². The van der Waals surface area contributed by atoms with Gasteiger partial charge in [0.15, 0.2) is 0 Å².